The number of benzene rings is 1. The number of nitrogens with two attached hydrogens (primary N) is 1. The Bertz CT molecular complexity index is 540. The van der Waals surface area contributed by atoms with Gasteiger partial charge in [-0.1, -0.05) is 45.0 Å². The molecule has 1 atom stereocenters. The quantitative estimate of drug-likeness (QED) is 0.644. The fraction of sp³-hybridized carbons (Fsp3) is 0.333. The third-order valence-electron chi connectivity index (χ3n) is 3.15. The minimum atomic E-state index is 0.0466. The minimum Gasteiger partial charge on any atom is -0.271 e. The van der Waals surface area contributed by atoms with Crippen LogP contribution in [0.1, 0.15) is 42.8 Å². The predicted octanol–water partition coefficient (Wildman–Crippen LogP) is 4.36. The van der Waals surface area contributed by atoms with Crippen LogP contribution in [0.3, 0.4) is 0 Å². The summed E-state index contributed by atoms with van der Waals surface area (Å²) in [4.78, 5) is 1.21. The lowest BCUT2D eigenvalue weighted by Crippen LogP contribution is -2.28. The molecule has 0 radical (unpaired) electrons. The zero-order valence-electron chi connectivity index (χ0n) is 11.4. The summed E-state index contributed by atoms with van der Waals surface area (Å²) in [5.41, 5.74) is 5.59. The van der Waals surface area contributed by atoms with E-state index in [2.05, 4.69) is 77.8 Å². The summed E-state index contributed by atoms with van der Waals surface area (Å²) < 4.78 is 1.10. The van der Waals surface area contributed by atoms with Crippen molar-refractivity contribution in [2.45, 2.75) is 32.2 Å². The lowest BCUT2D eigenvalue weighted by Gasteiger charge is -2.21. The van der Waals surface area contributed by atoms with Crippen molar-refractivity contribution in [2.75, 3.05) is 0 Å². The molecule has 2 rings (SSSR count). The van der Waals surface area contributed by atoms with Gasteiger partial charge in [-0.2, -0.15) is 0 Å². The zero-order chi connectivity index (χ0) is 14.0. The largest absolute Gasteiger partial charge is 0.271 e. The van der Waals surface area contributed by atoms with Crippen LogP contribution in [0.4, 0.5) is 0 Å². The Balaban J connectivity index is 2.30. The lowest BCUT2D eigenvalue weighted by molar-refractivity contribution is 0.588. The first-order valence-corrected chi connectivity index (χ1v) is 7.89. The van der Waals surface area contributed by atoms with E-state index in [-0.39, 0.29) is 11.5 Å². The highest BCUT2D eigenvalue weighted by Crippen LogP contribution is 2.31. The van der Waals surface area contributed by atoms with E-state index in [0.29, 0.717) is 0 Å². The van der Waals surface area contributed by atoms with E-state index in [1.54, 1.807) is 11.3 Å². The van der Waals surface area contributed by atoms with E-state index in [1.807, 2.05) is 0 Å². The van der Waals surface area contributed by atoms with E-state index >= 15 is 0 Å². The number of halogens is 1. The maximum atomic E-state index is 5.71. The third kappa shape index (κ3) is 3.45. The second-order valence-corrected chi connectivity index (χ2v) is 7.50. The molecule has 0 amide bonds. The van der Waals surface area contributed by atoms with Gasteiger partial charge < -0.3 is 0 Å². The lowest BCUT2D eigenvalue weighted by atomic mass is 9.86. The Morgan fingerprint density at radius 2 is 1.84 bits per heavy atom. The van der Waals surface area contributed by atoms with Crippen molar-refractivity contribution in [2.24, 2.45) is 5.84 Å². The van der Waals surface area contributed by atoms with Gasteiger partial charge >= 0.3 is 0 Å². The highest BCUT2D eigenvalue weighted by molar-refractivity contribution is 9.10. The second kappa shape index (κ2) is 5.75. The summed E-state index contributed by atoms with van der Waals surface area (Å²) in [6.07, 6.45) is 0. The Hall–Kier alpha value is -0.680. The number of rotatable bonds is 3. The monoisotopic (exact) mass is 338 g/mol. The van der Waals surface area contributed by atoms with Gasteiger partial charge in [0.05, 0.1) is 6.04 Å². The van der Waals surface area contributed by atoms with Crippen molar-refractivity contribution < 1.29 is 0 Å². The van der Waals surface area contributed by atoms with Crippen molar-refractivity contribution in [3.63, 3.8) is 0 Å². The van der Waals surface area contributed by atoms with E-state index in [0.717, 1.165) is 4.47 Å². The normalized spacial score (nSPS) is 13.5. The summed E-state index contributed by atoms with van der Waals surface area (Å²) in [7, 11) is 0. The van der Waals surface area contributed by atoms with Crippen LogP contribution < -0.4 is 11.3 Å². The average molecular weight is 339 g/mol. The molecule has 1 aromatic carbocycles. The summed E-state index contributed by atoms with van der Waals surface area (Å²) in [5, 5.41) is 2.07. The molecular weight excluding hydrogens is 320 g/mol. The first kappa shape index (κ1) is 14.7. The molecule has 0 bridgehead atoms. The molecule has 0 saturated heterocycles. The highest BCUT2D eigenvalue weighted by Gasteiger charge is 2.17. The van der Waals surface area contributed by atoms with Gasteiger partial charge in [-0.3, -0.25) is 5.84 Å². The number of hydrazine groups is 1. The van der Waals surface area contributed by atoms with E-state index in [9.17, 15) is 0 Å². The molecule has 102 valence electrons. The van der Waals surface area contributed by atoms with Gasteiger partial charge in [0, 0.05) is 14.7 Å². The standard InChI is InChI=1S/C15H19BrN2S/c1-15(2,3)11-6-4-10(5-7-11)14(18-17)13-8-12(16)9-19-13/h4-9,14,18H,17H2,1-3H3. The fourth-order valence-electron chi connectivity index (χ4n) is 2.00. The van der Waals surface area contributed by atoms with Gasteiger partial charge in [-0.25, -0.2) is 5.43 Å². The van der Waals surface area contributed by atoms with Crippen LogP contribution in [-0.2, 0) is 5.41 Å². The average Bonchev–Trinajstić information content (AvgIpc) is 2.76. The molecule has 0 aliphatic carbocycles. The van der Waals surface area contributed by atoms with Crippen LogP contribution in [0.25, 0.3) is 0 Å². The molecule has 1 heterocycles. The fourth-order valence-corrected chi connectivity index (χ4v) is 3.53. The van der Waals surface area contributed by atoms with Gasteiger partial charge in [-0.15, -0.1) is 11.3 Å². The van der Waals surface area contributed by atoms with E-state index < -0.39 is 0 Å². The Morgan fingerprint density at radius 3 is 2.26 bits per heavy atom. The van der Waals surface area contributed by atoms with Gasteiger partial charge in [0.25, 0.3) is 0 Å². The molecule has 0 saturated carbocycles. The van der Waals surface area contributed by atoms with Crippen molar-refractivity contribution in [1.82, 2.24) is 5.43 Å². The predicted molar refractivity (Wildman–Crippen MR) is 86.3 cm³/mol. The number of hydrogen-bond donors (Lipinski definition) is 2. The number of thiophene rings is 1. The number of nitrogens with one attached hydrogen (secondary N) is 1. The SMILES string of the molecule is CC(C)(C)c1ccc(C(NN)c2cc(Br)cs2)cc1. The second-order valence-electron chi connectivity index (χ2n) is 5.64. The molecule has 0 aliphatic rings. The minimum absolute atomic E-state index is 0.0466. The van der Waals surface area contributed by atoms with Crippen LogP contribution in [0.15, 0.2) is 40.2 Å². The molecule has 1 aromatic heterocycles. The first-order chi connectivity index (χ1) is 8.91. The van der Waals surface area contributed by atoms with Crippen molar-refractivity contribution in [3.8, 4) is 0 Å². The van der Waals surface area contributed by atoms with Crippen molar-refractivity contribution in [3.05, 3.63) is 56.2 Å². The van der Waals surface area contributed by atoms with Gasteiger partial charge in [0.2, 0.25) is 0 Å². The van der Waals surface area contributed by atoms with E-state index in [4.69, 9.17) is 5.84 Å². The van der Waals surface area contributed by atoms with Gasteiger partial charge in [0.15, 0.2) is 0 Å². The molecule has 1 unspecified atom stereocenters. The van der Waals surface area contributed by atoms with Crippen LogP contribution in [0, 0.1) is 0 Å². The van der Waals surface area contributed by atoms with Crippen molar-refractivity contribution >= 4 is 27.3 Å². The van der Waals surface area contributed by atoms with E-state index in [1.165, 1.54) is 16.0 Å². The summed E-state index contributed by atoms with van der Waals surface area (Å²) in [6.45, 7) is 6.66. The summed E-state index contributed by atoms with van der Waals surface area (Å²) in [6, 6.07) is 10.8. The maximum Gasteiger partial charge on any atom is 0.0802 e. The van der Waals surface area contributed by atoms with Gasteiger partial charge in [-0.05, 0) is 38.5 Å². The van der Waals surface area contributed by atoms with Gasteiger partial charge in [0.1, 0.15) is 0 Å². The smallest absolute Gasteiger partial charge is 0.0802 e. The molecule has 19 heavy (non-hydrogen) atoms. The Kier molecular flexibility index (Phi) is 4.46. The molecule has 0 aliphatic heterocycles. The Labute approximate surface area is 127 Å². The molecular formula is C15H19BrN2S. The number of hydrogen-bond acceptors (Lipinski definition) is 3. The highest BCUT2D eigenvalue weighted by atomic mass is 79.9. The topological polar surface area (TPSA) is 38.0 Å². The first-order valence-electron chi connectivity index (χ1n) is 6.22. The van der Waals surface area contributed by atoms with Crippen LogP contribution in [-0.4, -0.2) is 0 Å². The molecule has 0 spiro atoms. The molecule has 0 fully saturated rings. The maximum absolute atomic E-state index is 5.71. The summed E-state index contributed by atoms with van der Waals surface area (Å²) >= 11 is 5.18. The van der Waals surface area contributed by atoms with Crippen LogP contribution in [0.5, 0.6) is 0 Å². The molecule has 3 N–H and O–H groups in total. The zero-order valence-corrected chi connectivity index (χ0v) is 13.8. The third-order valence-corrected chi connectivity index (χ3v) is 4.91. The summed E-state index contributed by atoms with van der Waals surface area (Å²) in [5.74, 6) is 5.71. The molecule has 2 nitrogen and oxygen atoms in total. The molecule has 2 aromatic rings. The van der Waals surface area contributed by atoms with Crippen LogP contribution in [0.2, 0.25) is 0 Å². The Morgan fingerprint density at radius 1 is 1.21 bits per heavy atom. The van der Waals surface area contributed by atoms with Crippen molar-refractivity contribution in [1.29, 1.82) is 0 Å². The molecule has 4 heteroatoms. The van der Waals surface area contributed by atoms with Crippen LogP contribution >= 0.6 is 27.3 Å².